The summed E-state index contributed by atoms with van der Waals surface area (Å²) in [5.74, 6) is -0.690. The van der Waals surface area contributed by atoms with Gasteiger partial charge in [-0.25, -0.2) is 8.42 Å². The van der Waals surface area contributed by atoms with E-state index in [1.54, 1.807) is 0 Å². The Kier molecular flexibility index (Phi) is 11.8. The Labute approximate surface area is 156 Å². The predicted molar refractivity (Wildman–Crippen MR) is 77.5 cm³/mol. The smallest absolute Gasteiger partial charge is 0.726 e. The van der Waals surface area contributed by atoms with Gasteiger partial charge in [-0.1, -0.05) is 45.4 Å². The number of rotatable bonds is 11. The predicted octanol–water partition coefficient (Wildman–Crippen LogP) is -0.260. The second-order valence-corrected chi connectivity index (χ2v) is 6.80. The Hall–Kier alpha value is 0.790. The molecule has 1 rings (SSSR count). The van der Waals surface area contributed by atoms with Gasteiger partial charge in [-0.05, 0) is 13.3 Å². The average Bonchev–Trinajstić information content (AvgIpc) is 2.77. The maximum absolute atomic E-state index is 10.4. The van der Waals surface area contributed by atoms with Crippen molar-refractivity contribution in [2.45, 2.75) is 77.1 Å². The van der Waals surface area contributed by atoms with Gasteiger partial charge in [0.25, 0.3) is 0 Å². The minimum Gasteiger partial charge on any atom is -0.726 e. The molecule has 0 saturated carbocycles. The molecule has 1 saturated heterocycles. The maximum Gasteiger partial charge on any atom is 1.00 e. The third-order valence-electron chi connectivity index (χ3n) is 3.62. The number of hydrogen-bond donors (Lipinski definition) is 0. The second kappa shape index (κ2) is 11.4. The maximum atomic E-state index is 10.4. The van der Waals surface area contributed by atoms with E-state index in [0.29, 0.717) is 0 Å². The van der Waals surface area contributed by atoms with Crippen molar-refractivity contribution in [3.8, 4) is 0 Å². The van der Waals surface area contributed by atoms with Crippen LogP contribution in [0.2, 0.25) is 0 Å². The van der Waals surface area contributed by atoms with Gasteiger partial charge >= 0.3 is 29.6 Å². The Morgan fingerprint density at radius 2 is 1.77 bits per heavy atom. The molecule has 6 nitrogen and oxygen atoms in total. The average molecular weight is 346 g/mol. The Bertz CT molecular complexity index is 389. The van der Waals surface area contributed by atoms with Crippen molar-refractivity contribution in [2.75, 3.05) is 13.2 Å². The zero-order valence-corrected chi connectivity index (χ0v) is 16.8. The minimum absolute atomic E-state index is 0. The van der Waals surface area contributed by atoms with Crippen molar-refractivity contribution in [3.63, 3.8) is 0 Å². The molecular formula is C14H27NaO6S. The van der Waals surface area contributed by atoms with Crippen molar-refractivity contribution in [1.29, 1.82) is 0 Å². The van der Waals surface area contributed by atoms with Crippen molar-refractivity contribution in [2.24, 2.45) is 0 Å². The van der Waals surface area contributed by atoms with Gasteiger partial charge in [-0.15, -0.1) is 0 Å². The van der Waals surface area contributed by atoms with E-state index in [1.165, 1.54) is 32.1 Å². The number of hydrogen-bond acceptors (Lipinski definition) is 6. The molecular weight excluding hydrogens is 319 g/mol. The summed E-state index contributed by atoms with van der Waals surface area (Å²) in [6, 6.07) is 0. The first-order chi connectivity index (χ1) is 9.85. The van der Waals surface area contributed by atoms with E-state index in [-0.39, 0.29) is 42.8 Å². The molecule has 126 valence electrons. The first-order valence-electron chi connectivity index (χ1n) is 7.77. The van der Waals surface area contributed by atoms with Gasteiger partial charge in [0, 0.05) is 6.42 Å². The minimum atomic E-state index is -4.67. The third kappa shape index (κ3) is 10.5. The summed E-state index contributed by atoms with van der Waals surface area (Å²) in [5.41, 5.74) is 0. The summed E-state index contributed by atoms with van der Waals surface area (Å²) in [6.07, 6.45) is 8.75. The van der Waals surface area contributed by atoms with Crippen LogP contribution in [0, 0.1) is 0 Å². The van der Waals surface area contributed by atoms with E-state index in [4.69, 9.17) is 9.47 Å². The van der Waals surface area contributed by atoms with Crippen LogP contribution in [0.4, 0.5) is 0 Å². The van der Waals surface area contributed by atoms with Crippen LogP contribution in [0.5, 0.6) is 0 Å². The van der Waals surface area contributed by atoms with Gasteiger partial charge in [0.1, 0.15) is 6.10 Å². The standard InChI is InChI=1S/C14H28O6S.Na/c1-3-4-5-6-7-8-9-10-14(2)18-11-13(20-14)12-19-21(15,16)17;/h13H,3-12H2,1-2H3,(H,15,16,17);/q;+1/p-1. The van der Waals surface area contributed by atoms with Crippen LogP contribution >= 0.6 is 0 Å². The van der Waals surface area contributed by atoms with Crippen molar-refractivity contribution < 1.29 is 56.2 Å². The quantitative estimate of drug-likeness (QED) is 0.222. The summed E-state index contributed by atoms with van der Waals surface area (Å²) >= 11 is 0. The number of unbranched alkanes of at least 4 members (excludes halogenated alkanes) is 6. The van der Waals surface area contributed by atoms with Crippen molar-refractivity contribution >= 4 is 10.4 Å². The number of ether oxygens (including phenoxy) is 2. The molecule has 0 bridgehead atoms. The van der Waals surface area contributed by atoms with Crippen LogP contribution in [0.15, 0.2) is 0 Å². The molecule has 0 radical (unpaired) electrons. The Balaban J connectivity index is 0.00000441. The van der Waals surface area contributed by atoms with Gasteiger partial charge in [0.15, 0.2) is 5.79 Å². The molecule has 0 aromatic heterocycles. The van der Waals surface area contributed by atoms with E-state index in [9.17, 15) is 13.0 Å². The molecule has 1 fully saturated rings. The molecule has 22 heavy (non-hydrogen) atoms. The zero-order valence-electron chi connectivity index (χ0n) is 14.0. The van der Waals surface area contributed by atoms with E-state index >= 15 is 0 Å². The van der Waals surface area contributed by atoms with Crippen LogP contribution < -0.4 is 29.6 Å². The van der Waals surface area contributed by atoms with Crippen LogP contribution in [-0.2, 0) is 24.1 Å². The fraction of sp³-hybridized carbons (Fsp3) is 1.00. The summed E-state index contributed by atoms with van der Waals surface area (Å²) in [4.78, 5) is 0. The molecule has 0 spiro atoms. The van der Waals surface area contributed by atoms with Crippen LogP contribution in [0.25, 0.3) is 0 Å². The Morgan fingerprint density at radius 3 is 2.36 bits per heavy atom. The molecule has 1 aliphatic rings. The molecule has 0 amide bonds. The van der Waals surface area contributed by atoms with Crippen molar-refractivity contribution in [1.82, 2.24) is 0 Å². The first-order valence-corrected chi connectivity index (χ1v) is 9.10. The molecule has 1 aliphatic heterocycles. The molecule has 2 unspecified atom stereocenters. The summed E-state index contributed by atoms with van der Waals surface area (Å²) in [6.45, 7) is 4.02. The van der Waals surface area contributed by atoms with Crippen LogP contribution in [0.3, 0.4) is 0 Å². The van der Waals surface area contributed by atoms with Crippen LogP contribution in [-0.4, -0.2) is 38.1 Å². The van der Waals surface area contributed by atoms with Gasteiger partial charge in [-0.3, -0.25) is 4.18 Å². The van der Waals surface area contributed by atoms with E-state index < -0.39 is 22.3 Å². The van der Waals surface area contributed by atoms with Gasteiger partial charge < -0.3 is 14.0 Å². The molecule has 2 atom stereocenters. The fourth-order valence-corrected chi connectivity index (χ4v) is 2.78. The summed E-state index contributed by atoms with van der Waals surface area (Å²) in [5, 5.41) is 0. The fourth-order valence-electron chi connectivity index (χ4n) is 2.47. The molecule has 1 heterocycles. The first kappa shape index (κ1) is 22.8. The third-order valence-corrected chi connectivity index (χ3v) is 4.05. The zero-order chi connectivity index (χ0) is 15.8. The summed E-state index contributed by atoms with van der Waals surface area (Å²) < 4.78 is 46.6. The molecule has 0 aromatic rings. The monoisotopic (exact) mass is 346 g/mol. The second-order valence-electron chi connectivity index (χ2n) is 5.75. The normalized spacial score (nSPS) is 25.1. The van der Waals surface area contributed by atoms with Gasteiger partial charge in [0.05, 0.1) is 13.2 Å². The van der Waals surface area contributed by atoms with E-state index in [0.717, 1.165) is 19.3 Å². The van der Waals surface area contributed by atoms with Gasteiger partial charge in [-0.2, -0.15) is 0 Å². The van der Waals surface area contributed by atoms with E-state index in [2.05, 4.69) is 11.1 Å². The molecule has 0 aromatic carbocycles. The topological polar surface area (TPSA) is 84.9 Å². The van der Waals surface area contributed by atoms with Gasteiger partial charge in [0.2, 0.25) is 10.4 Å². The molecule has 0 aliphatic carbocycles. The van der Waals surface area contributed by atoms with Crippen molar-refractivity contribution in [3.05, 3.63) is 0 Å². The molecule has 0 N–H and O–H groups in total. The summed E-state index contributed by atoms with van der Waals surface area (Å²) in [7, 11) is -4.67. The Morgan fingerprint density at radius 1 is 1.18 bits per heavy atom. The molecule has 8 heteroatoms. The van der Waals surface area contributed by atoms with E-state index in [1.807, 2.05) is 6.92 Å². The SMILES string of the molecule is CCCCCCCCCC1(C)OCC(COS(=O)(=O)[O-])O1.[Na+]. The largest absolute Gasteiger partial charge is 1.00 e. The van der Waals surface area contributed by atoms with Crippen LogP contribution in [0.1, 0.15) is 65.2 Å².